The van der Waals surface area contributed by atoms with Crippen LogP contribution in [0.1, 0.15) is 0 Å². The highest BCUT2D eigenvalue weighted by molar-refractivity contribution is 6.24. The maximum atomic E-state index is 6.68. The molecule has 0 atom stereocenters. The van der Waals surface area contributed by atoms with Crippen LogP contribution in [0.5, 0.6) is 11.5 Å². The van der Waals surface area contributed by atoms with Crippen LogP contribution < -0.4 is 4.74 Å². The summed E-state index contributed by atoms with van der Waals surface area (Å²) in [7, 11) is 0. The van der Waals surface area contributed by atoms with Crippen LogP contribution in [-0.4, -0.2) is 0 Å². The molecule has 210 valence electrons. The average Bonchev–Trinajstić information content (AvgIpc) is 3.11. The van der Waals surface area contributed by atoms with Gasteiger partial charge in [-0.05, 0) is 89.6 Å². The molecule has 0 amide bonds. The Labute approximate surface area is 261 Å². The van der Waals surface area contributed by atoms with E-state index in [0.717, 1.165) is 22.3 Å². The lowest BCUT2D eigenvalue weighted by atomic mass is 9.84. The zero-order valence-corrected chi connectivity index (χ0v) is 24.6. The van der Waals surface area contributed by atoms with Crippen LogP contribution in [0, 0.1) is 0 Å². The Morgan fingerprint density at radius 1 is 0.289 bits per heavy atom. The fraction of sp³-hybridized carbons (Fsp3) is 0. The molecule has 1 nitrogen and oxygen atoms in total. The number of hydrogen-bond acceptors (Lipinski definition) is 1. The largest absolute Gasteiger partial charge is 0.456 e. The monoisotopic (exact) mass is 572 g/mol. The van der Waals surface area contributed by atoms with E-state index in [1.807, 2.05) is 0 Å². The van der Waals surface area contributed by atoms with Crippen LogP contribution in [0.15, 0.2) is 170 Å². The smallest absolute Gasteiger partial charge is 0.135 e. The molecule has 9 rings (SSSR count). The summed E-state index contributed by atoms with van der Waals surface area (Å²) in [6, 6.07) is 60.8. The van der Waals surface area contributed by atoms with Gasteiger partial charge in [-0.25, -0.2) is 0 Å². The van der Waals surface area contributed by atoms with Gasteiger partial charge in [-0.1, -0.05) is 146 Å². The summed E-state index contributed by atoms with van der Waals surface area (Å²) in [5, 5.41) is 12.0. The van der Waals surface area contributed by atoms with Crippen molar-refractivity contribution in [2.75, 3.05) is 0 Å². The van der Waals surface area contributed by atoms with Crippen molar-refractivity contribution in [2.45, 2.75) is 0 Å². The average molecular weight is 573 g/mol. The van der Waals surface area contributed by atoms with Crippen LogP contribution in [0.2, 0.25) is 0 Å². The fourth-order valence-electron chi connectivity index (χ4n) is 7.06. The Balaban J connectivity index is 1.30. The summed E-state index contributed by atoms with van der Waals surface area (Å²) in [6.07, 6.45) is 0. The van der Waals surface area contributed by atoms with Gasteiger partial charge in [-0.2, -0.15) is 0 Å². The molecule has 0 spiro atoms. The van der Waals surface area contributed by atoms with E-state index in [1.54, 1.807) is 0 Å². The third-order valence-corrected chi connectivity index (χ3v) is 9.09. The zero-order valence-electron chi connectivity index (χ0n) is 24.6. The lowest BCUT2D eigenvalue weighted by Crippen LogP contribution is -1.93. The van der Waals surface area contributed by atoms with E-state index >= 15 is 0 Å². The summed E-state index contributed by atoms with van der Waals surface area (Å²) in [4.78, 5) is 0. The molecule has 0 N–H and O–H groups in total. The summed E-state index contributed by atoms with van der Waals surface area (Å²) in [5.74, 6) is 1.72. The van der Waals surface area contributed by atoms with Crippen LogP contribution >= 0.6 is 0 Å². The first-order chi connectivity index (χ1) is 22.3. The molecule has 0 aliphatic carbocycles. The van der Waals surface area contributed by atoms with Gasteiger partial charge in [0.15, 0.2) is 0 Å². The van der Waals surface area contributed by atoms with E-state index in [4.69, 9.17) is 4.74 Å². The van der Waals surface area contributed by atoms with Gasteiger partial charge in [0.1, 0.15) is 11.5 Å². The molecule has 0 saturated carbocycles. The minimum atomic E-state index is 0.854. The molecule has 0 aliphatic rings. The van der Waals surface area contributed by atoms with E-state index in [1.165, 1.54) is 65.3 Å². The van der Waals surface area contributed by atoms with E-state index in [0.29, 0.717) is 0 Å². The molecule has 0 unspecified atom stereocenters. The second-order valence-corrected chi connectivity index (χ2v) is 11.6. The van der Waals surface area contributed by atoms with Gasteiger partial charge in [0.2, 0.25) is 0 Å². The van der Waals surface area contributed by atoms with Crippen LogP contribution in [0.25, 0.3) is 76.1 Å². The SMILES string of the molecule is c1ccc2cc(-c3c4ccccc4c(-c4ccc(Oc5cccc6ccccc56)c5ccccc45)c4ccccc34)ccc2c1. The minimum Gasteiger partial charge on any atom is -0.456 e. The molecule has 0 fully saturated rings. The van der Waals surface area contributed by atoms with Gasteiger partial charge in [0.05, 0.1) is 0 Å². The van der Waals surface area contributed by atoms with Gasteiger partial charge >= 0.3 is 0 Å². The van der Waals surface area contributed by atoms with E-state index in [-0.39, 0.29) is 0 Å². The summed E-state index contributed by atoms with van der Waals surface area (Å²) < 4.78 is 6.68. The first-order valence-electron chi connectivity index (χ1n) is 15.4. The summed E-state index contributed by atoms with van der Waals surface area (Å²) >= 11 is 0. The first-order valence-corrected chi connectivity index (χ1v) is 15.4. The highest BCUT2D eigenvalue weighted by Gasteiger charge is 2.19. The van der Waals surface area contributed by atoms with Gasteiger partial charge in [0.25, 0.3) is 0 Å². The van der Waals surface area contributed by atoms with Gasteiger partial charge < -0.3 is 4.74 Å². The van der Waals surface area contributed by atoms with Crippen LogP contribution in [0.4, 0.5) is 0 Å². The molecule has 0 radical (unpaired) electrons. The van der Waals surface area contributed by atoms with Crippen molar-refractivity contribution in [3.63, 3.8) is 0 Å². The third-order valence-electron chi connectivity index (χ3n) is 9.09. The van der Waals surface area contributed by atoms with Crippen molar-refractivity contribution in [1.29, 1.82) is 0 Å². The Morgan fingerprint density at radius 2 is 0.800 bits per heavy atom. The predicted octanol–water partition coefficient (Wildman–Crippen LogP) is 12.6. The topological polar surface area (TPSA) is 9.23 Å². The van der Waals surface area contributed by atoms with Crippen molar-refractivity contribution in [3.05, 3.63) is 170 Å². The van der Waals surface area contributed by atoms with Gasteiger partial charge in [-0.15, -0.1) is 0 Å². The number of benzene rings is 9. The van der Waals surface area contributed by atoms with E-state index in [2.05, 4.69) is 170 Å². The van der Waals surface area contributed by atoms with E-state index in [9.17, 15) is 0 Å². The molecule has 1 heteroatoms. The van der Waals surface area contributed by atoms with Crippen LogP contribution in [0.3, 0.4) is 0 Å². The minimum absolute atomic E-state index is 0.854. The van der Waals surface area contributed by atoms with Crippen molar-refractivity contribution >= 4 is 53.9 Å². The number of hydrogen-bond donors (Lipinski definition) is 0. The second kappa shape index (κ2) is 10.4. The second-order valence-electron chi connectivity index (χ2n) is 11.6. The first kappa shape index (κ1) is 25.6. The molecular weight excluding hydrogens is 544 g/mol. The Kier molecular flexibility index (Phi) is 5.89. The lowest BCUT2D eigenvalue weighted by Gasteiger charge is -2.20. The Hall–Kier alpha value is -5.92. The van der Waals surface area contributed by atoms with E-state index < -0.39 is 0 Å². The van der Waals surface area contributed by atoms with Crippen LogP contribution in [-0.2, 0) is 0 Å². The Bertz CT molecular complexity index is 2510. The molecule has 0 aliphatic heterocycles. The van der Waals surface area contributed by atoms with Gasteiger partial charge in [-0.3, -0.25) is 0 Å². The highest BCUT2D eigenvalue weighted by atomic mass is 16.5. The van der Waals surface area contributed by atoms with Gasteiger partial charge in [0, 0.05) is 10.8 Å². The number of fused-ring (bicyclic) bond motifs is 5. The lowest BCUT2D eigenvalue weighted by molar-refractivity contribution is 0.494. The molecule has 0 saturated heterocycles. The quantitative estimate of drug-likeness (QED) is 0.191. The van der Waals surface area contributed by atoms with Crippen molar-refractivity contribution in [1.82, 2.24) is 0 Å². The molecule has 9 aromatic carbocycles. The molecule has 0 heterocycles. The third kappa shape index (κ3) is 4.17. The molecule has 0 bridgehead atoms. The molecule has 9 aromatic rings. The number of rotatable bonds is 4. The maximum Gasteiger partial charge on any atom is 0.135 e. The molecule has 45 heavy (non-hydrogen) atoms. The molecular formula is C44H28O. The van der Waals surface area contributed by atoms with Crippen molar-refractivity contribution < 1.29 is 4.74 Å². The normalized spacial score (nSPS) is 11.6. The zero-order chi connectivity index (χ0) is 29.7. The Morgan fingerprint density at radius 3 is 1.51 bits per heavy atom. The van der Waals surface area contributed by atoms with Crippen molar-refractivity contribution in [2.24, 2.45) is 0 Å². The highest BCUT2D eigenvalue weighted by Crippen LogP contribution is 2.47. The summed E-state index contributed by atoms with van der Waals surface area (Å²) in [6.45, 7) is 0. The van der Waals surface area contributed by atoms with Crippen molar-refractivity contribution in [3.8, 4) is 33.8 Å². The number of ether oxygens (including phenoxy) is 1. The maximum absolute atomic E-state index is 6.68. The molecule has 0 aromatic heterocycles. The predicted molar refractivity (Wildman–Crippen MR) is 191 cm³/mol. The summed E-state index contributed by atoms with van der Waals surface area (Å²) in [5.41, 5.74) is 4.96. The standard InChI is InChI=1S/C44H28O/c1-2-14-31-28-32(25-24-29(31)12-1)43-36-19-7-9-21-38(36)44(39-22-10-8-20-37(39)43)40-26-27-42(35-18-6-5-17-34(35)40)45-41-23-11-15-30-13-3-4-16-33(30)41/h1-28H. The fourth-order valence-corrected chi connectivity index (χ4v) is 7.06.